The Kier molecular flexibility index (Phi) is 6.72. The van der Waals surface area contributed by atoms with Crippen molar-refractivity contribution in [2.75, 3.05) is 12.4 Å². The Morgan fingerprint density at radius 1 is 1.04 bits per heavy atom. The first-order chi connectivity index (χ1) is 12.0. The van der Waals surface area contributed by atoms with Crippen LogP contribution < -0.4 is 4.74 Å². The highest BCUT2D eigenvalue weighted by Gasteiger charge is 2.19. The second-order valence-corrected chi connectivity index (χ2v) is 9.97. The van der Waals surface area contributed by atoms with Crippen molar-refractivity contribution in [3.63, 3.8) is 0 Å². The second kappa shape index (κ2) is 8.42. The number of hydrogen-bond acceptors (Lipinski definition) is 4. The summed E-state index contributed by atoms with van der Waals surface area (Å²) in [7, 11) is -3.45. The molecule has 2 rings (SSSR count). The lowest BCUT2D eigenvalue weighted by Crippen LogP contribution is -2.27. The molecule has 0 spiro atoms. The summed E-state index contributed by atoms with van der Waals surface area (Å²) in [6, 6.07) is 14.2. The quantitative estimate of drug-likeness (QED) is 0.768. The zero-order chi connectivity index (χ0) is 19.4. The average molecular weight is 397 g/mol. The molecule has 2 aromatic carbocycles. The van der Waals surface area contributed by atoms with Gasteiger partial charge in [-0.1, -0.05) is 56.6 Å². The van der Waals surface area contributed by atoms with E-state index < -0.39 is 15.9 Å². The van der Waals surface area contributed by atoms with E-state index in [0.29, 0.717) is 16.3 Å². The fourth-order valence-corrected chi connectivity index (χ4v) is 4.10. The van der Waals surface area contributed by atoms with Gasteiger partial charge >= 0.3 is 0 Å². The molecule has 0 bridgehead atoms. The molecule has 0 radical (unpaired) electrons. The Hall–Kier alpha value is -1.56. The lowest BCUT2D eigenvalue weighted by molar-refractivity contribution is 0.125. The monoisotopic (exact) mass is 396 g/mol. The van der Waals surface area contributed by atoms with Crippen LogP contribution in [0.15, 0.2) is 48.5 Å². The van der Waals surface area contributed by atoms with Gasteiger partial charge in [-0.2, -0.15) is 0 Å². The van der Waals surface area contributed by atoms with Crippen LogP contribution in [0.1, 0.15) is 31.9 Å². The number of aliphatic hydroxyl groups is 1. The largest absolute Gasteiger partial charge is 0.491 e. The minimum Gasteiger partial charge on any atom is -0.491 e. The third-order valence-corrected chi connectivity index (χ3v) is 5.83. The van der Waals surface area contributed by atoms with Gasteiger partial charge in [0, 0.05) is 5.02 Å². The van der Waals surface area contributed by atoms with Gasteiger partial charge in [0.2, 0.25) is 0 Å². The number of ether oxygens (including phenoxy) is 1. The van der Waals surface area contributed by atoms with E-state index >= 15 is 0 Å². The van der Waals surface area contributed by atoms with Crippen LogP contribution in [-0.2, 0) is 21.0 Å². The normalized spacial score (nSPS) is 13.4. The summed E-state index contributed by atoms with van der Waals surface area (Å²) in [5.74, 6) is 0.115. The van der Waals surface area contributed by atoms with E-state index in [2.05, 4.69) is 20.8 Å². The van der Waals surface area contributed by atoms with Crippen molar-refractivity contribution in [3.05, 3.63) is 64.7 Å². The van der Waals surface area contributed by atoms with Crippen LogP contribution in [0.25, 0.3) is 0 Å². The van der Waals surface area contributed by atoms with E-state index in [-0.39, 0.29) is 23.5 Å². The standard InChI is InChI=1S/C20H25ClO4S/c1-20(2,3)16-6-10-19(11-7-16)25-12-18(22)14-26(23,24)13-15-4-8-17(21)9-5-15/h4-11,18,22H,12-14H2,1-3H3. The molecule has 0 fully saturated rings. The zero-order valence-corrected chi connectivity index (χ0v) is 16.8. The van der Waals surface area contributed by atoms with Crippen molar-refractivity contribution >= 4 is 21.4 Å². The highest BCUT2D eigenvalue weighted by Crippen LogP contribution is 2.24. The van der Waals surface area contributed by atoms with Gasteiger partial charge in [0.05, 0.1) is 11.5 Å². The van der Waals surface area contributed by atoms with Gasteiger partial charge in [0.15, 0.2) is 9.84 Å². The van der Waals surface area contributed by atoms with Gasteiger partial charge in [-0.3, -0.25) is 0 Å². The van der Waals surface area contributed by atoms with Crippen molar-refractivity contribution in [2.45, 2.75) is 38.0 Å². The van der Waals surface area contributed by atoms with Crippen LogP contribution in [-0.4, -0.2) is 32.0 Å². The Morgan fingerprint density at radius 3 is 2.15 bits per heavy atom. The van der Waals surface area contributed by atoms with E-state index in [9.17, 15) is 13.5 Å². The van der Waals surface area contributed by atoms with Crippen LogP contribution in [0.4, 0.5) is 0 Å². The summed E-state index contributed by atoms with van der Waals surface area (Å²) < 4.78 is 29.9. The van der Waals surface area contributed by atoms with Gasteiger partial charge in [-0.15, -0.1) is 0 Å². The number of aliphatic hydroxyl groups excluding tert-OH is 1. The molecule has 4 nitrogen and oxygen atoms in total. The maximum Gasteiger partial charge on any atom is 0.157 e. The van der Waals surface area contributed by atoms with Crippen LogP contribution in [0, 0.1) is 0 Å². The van der Waals surface area contributed by atoms with Crippen LogP contribution >= 0.6 is 11.6 Å². The summed E-state index contributed by atoms with van der Waals surface area (Å²) in [5.41, 5.74) is 1.87. The molecule has 26 heavy (non-hydrogen) atoms. The maximum atomic E-state index is 12.2. The first-order valence-electron chi connectivity index (χ1n) is 8.41. The molecule has 2 aromatic rings. The smallest absolute Gasteiger partial charge is 0.157 e. The summed E-state index contributed by atoms with van der Waals surface area (Å²) in [4.78, 5) is 0. The Balaban J connectivity index is 1.87. The van der Waals surface area contributed by atoms with E-state index in [4.69, 9.17) is 16.3 Å². The number of halogens is 1. The number of sulfone groups is 1. The van der Waals surface area contributed by atoms with Crippen LogP contribution in [0.3, 0.4) is 0 Å². The third kappa shape index (κ3) is 6.63. The van der Waals surface area contributed by atoms with Gasteiger partial charge in [-0.05, 0) is 40.8 Å². The zero-order valence-electron chi connectivity index (χ0n) is 15.3. The summed E-state index contributed by atoms with van der Waals surface area (Å²) >= 11 is 5.80. The number of hydrogen-bond donors (Lipinski definition) is 1. The molecule has 0 aliphatic heterocycles. The Morgan fingerprint density at radius 2 is 1.62 bits per heavy atom. The maximum absolute atomic E-state index is 12.2. The summed E-state index contributed by atoms with van der Waals surface area (Å²) in [6.07, 6.45) is -1.09. The first-order valence-corrected chi connectivity index (χ1v) is 10.6. The van der Waals surface area contributed by atoms with Crippen molar-refractivity contribution in [1.29, 1.82) is 0 Å². The van der Waals surface area contributed by atoms with Gasteiger partial charge in [0.1, 0.15) is 18.5 Å². The van der Waals surface area contributed by atoms with Crippen LogP contribution in [0.5, 0.6) is 5.75 Å². The second-order valence-electron chi connectivity index (χ2n) is 7.42. The Bertz CT molecular complexity index is 806. The molecular weight excluding hydrogens is 372 g/mol. The SMILES string of the molecule is CC(C)(C)c1ccc(OCC(O)CS(=O)(=O)Cc2ccc(Cl)cc2)cc1. The number of rotatable bonds is 7. The molecule has 0 heterocycles. The van der Waals surface area contributed by atoms with E-state index in [1.165, 1.54) is 5.56 Å². The van der Waals surface area contributed by atoms with Crippen molar-refractivity contribution in [2.24, 2.45) is 0 Å². The predicted octanol–water partition coefficient (Wildman–Crippen LogP) is 3.99. The minimum atomic E-state index is -3.45. The average Bonchev–Trinajstić information content (AvgIpc) is 2.54. The molecule has 142 valence electrons. The van der Waals surface area contributed by atoms with Gasteiger partial charge in [0.25, 0.3) is 0 Å². The number of benzene rings is 2. The predicted molar refractivity (Wildman–Crippen MR) is 106 cm³/mol. The molecule has 6 heteroatoms. The van der Waals surface area contributed by atoms with E-state index in [0.717, 1.165) is 0 Å². The lowest BCUT2D eigenvalue weighted by Gasteiger charge is -2.19. The molecule has 1 unspecified atom stereocenters. The molecule has 0 saturated carbocycles. The van der Waals surface area contributed by atoms with Crippen molar-refractivity contribution in [3.8, 4) is 5.75 Å². The summed E-state index contributed by atoms with van der Waals surface area (Å²) in [6.45, 7) is 6.29. The first kappa shape index (κ1) is 20.7. The summed E-state index contributed by atoms with van der Waals surface area (Å²) in [5, 5.41) is 10.6. The molecule has 1 atom stereocenters. The highest BCUT2D eigenvalue weighted by molar-refractivity contribution is 7.90. The molecule has 1 N–H and O–H groups in total. The minimum absolute atomic E-state index is 0.0494. The Labute approximate surface area is 160 Å². The highest BCUT2D eigenvalue weighted by atomic mass is 35.5. The molecule has 0 aliphatic carbocycles. The van der Waals surface area contributed by atoms with Gasteiger partial charge in [-0.25, -0.2) is 8.42 Å². The van der Waals surface area contributed by atoms with Gasteiger partial charge < -0.3 is 9.84 Å². The van der Waals surface area contributed by atoms with Crippen molar-refractivity contribution in [1.82, 2.24) is 0 Å². The van der Waals surface area contributed by atoms with E-state index in [1.54, 1.807) is 24.3 Å². The molecule has 0 saturated heterocycles. The molecule has 0 amide bonds. The molecular formula is C20H25ClO4S. The van der Waals surface area contributed by atoms with Crippen LogP contribution in [0.2, 0.25) is 5.02 Å². The fourth-order valence-electron chi connectivity index (χ4n) is 2.48. The van der Waals surface area contributed by atoms with Crippen molar-refractivity contribution < 1.29 is 18.3 Å². The molecule has 0 aliphatic rings. The van der Waals surface area contributed by atoms with E-state index in [1.807, 2.05) is 24.3 Å². The third-order valence-electron chi connectivity index (χ3n) is 3.91. The lowest BCUT2D eigenvalue weighted by atomic mass is 9.87. The fraction of sp³-hybridized carbons (Fsp3) is 0.400. The topological polar surface area (TPSA) is 63.6 Å². The molecule has 0 aromatic heterocycles.